The minimum atomic E-state index is -0.456. The molecule has 1 aliphatic rings. The summed E-state index contributed by atoms with van der Waals surface area (Å²) in [7, 11) is 0. The van der Waals surface area contributed by atoms with E-state index in [4.69, 9.17) is 13.6 Å². The fourth-order valence-corrected chi connectivity index (χ4v) is 2.88. The minimum Gasteiger partial charge on any atom is -0.461 e. The van der Waals surface area contributed by atoms with Crippen molar-refractivity contribution in [1.82, 2.24) is 4.98 Å². The van der Waals surface area contributed by atoms with E-state index in [1.807, 2.05) is 0 Å². The van der Waals surface area contributed by atoms with Crippen LogP contribution < -0.4 is 0 Å². The molecule has 94 valence electrons. The van der Waals surface area contributed by atoms with E-state index in [2.05, 4.69) is 4.98 Å². The Balaban J connectivity index is 1.79. The van der Waals surface area contributed by atoms with Crippen LogP contribution in [-0.2, 0) is 4.74 Å². The van der Waals surface area contributed by atoms with E-state index in [0.717, 1.165) is 17.9 Å². The molecule has 18 heavy (non-hydrogen) atoms. The highest BCUT2D eigenvalue weighted by atomic mass is 32.2. The van der Waals surface area contributed by atoms with E-state index >= 15 is 0 Å². The lowest BCUT2D eigenvalue weighted by Gasteiger charge is -2.09. The normalized spacial score (nSPS) is 19.0. The number of oxazole rings is 1. The third-order valence-electron chi connectivity index (χ3n) is 2.67. The first-order chi connectivity index (χ1) is 8.84. The maximum absolute atomic E-state index is 12.0. The second kappa shape index (κ2) is 4.89. The van der Waals surface area contributed by atoms with Crippen molar-refractivity contribution in [3.8, 4) is 11.5 Å². The molecule has 0 radical (unpaired) electrons. The van der Waals surface area contributed by atoms with Gasteiger partial charge in [-0.2, -0.15) is 11.8 Å². The van der Waals surface area contributed by atoms with Crippen molar-refractivity contribution >= 4 is 17.7 Å². The Morgan fingerprint density at radius 2 is 2.44 bits per heavy atom. The van der Waals surface area contributed by atoms with Crippen molar-refractivity contribution in [2.45, 2.75) is 12.5 Å². The van der Waals surface area contributed by atoms with Gasteiger partial charge in [0.1, 0.15) is 6.10 Å². The Bertz CT molecular complexity index is 528. The molecule has 0 saturated carbocycles. The van der Waals surface area contributed by atoms with Crippen LogP contribution in [0.3, 0.4) is 0 Å². The molecule has 6 heteroatoms. The van der Waals surface area contributed by atoms with Gasteiger partial charge in [0, 0.05) is 5.75 Å². The fraction of sp³-hybridized carbons (Fsp3) is 0.333. The number of carbonyl (C=O) groups excluding carboxylic acids is 1. The number of carbonyl (C=O) groups is 1. The molecule has 1 atom stereocenters. The first kappa shape index (κ1) is 11.4. The van der Waals surface area contributed by atoms with Crippen LogP contribution in [0.1, 0.15) is 16.9 Å². The van der Waals surface area contributed by atoms with Gasteiger partial charge in [-0.3, -0.25) is 0 Å². The predicted octanol–water partition coefficient (Wildman–Crippen LogP) is 2.60. The Morgan fingerprint density at radius 3 is 3.17 bits per heavy atom. The number of ether oxygens (including phenoxy) is 1. The fourth-order valence-electron chi connectivity index (χ4n) is 1.79. The average molecular weight is 265 g/mol. The van der Waals surface area contributed by atoms with Crippen LogP contribution in [0.15, 0.2) is 33.6 Å². The number of nitrogens with zero attached hydrogens (tertiary/aromatic N) is 1. The molecule has 0 spiro atoms. The summed E-state index contributed by atoms with van der Waals surface area (Å²) in [6.45, 7) is 0. The molecule has 0 aliphatic carbocycles. The summed E-state index contributed by atoms with van der Waals surface area (Å²) in [5, 5.41) is 0. The van der Waals surface area contributed by atoms with Crippen LogP contribution in [0.25, 0.3) is 11.5 Å². The van der Waals surface area contributed by atoms with Crippen molar-refractivity contribution in [2.75, 3.05) is 11.5 Å². The van der Waals surface area contributed by atoms with Gasteiger partial charge in [0.15, 0.2) is 17.8 Å². The lowest BCUT2D eigenvalue weighted by molar-refractivity contribution is 0.0351. The van der Waals surface area contributed by atoms with Crippen LogP contribution in [0.5, 0.6) is 0 Å². The summed E-state index contributed by atoms with van der Waals surface area (Å²) in [6.07, 6.45) is 3.60. The molecule has 0 aromatic carbocycles. The van der Waals surface area contributed by atoms with Crippen molar-refractivity contribution < 1.29 is 18.4 Å². The molecule has 2 aromatic heterocycles. The minimum absolute atomic E-state index is 0.0244. The molecule has 0 bridgehead atoms. The lowest BCUT2D eigenvalue weighted by atomic mass is 10.2. The van der Waals surface area contributed by atoms with Crippen LogP contribution in [-0.4, -0.2) is 28.6 Å². The smallest absolute Gasteiger partial charge is 0.361 e. The molecule has 0 N–H and O–H groups in total. The van der Waals surface area contributed by atoms with Crippen LogP contribution in [0, 0.1) is 0 Å². The van der Waals surface area contributed by atoms with Gasteiger partial charge in [-0.05, 0) is 24.3 Å². The third kappa shape index (κ3) is 2.15. The van der Waals surface area contributed by atoms with E-state index in [-0.39, 0.29) is 11.8 Å². The van der Waals surface area contributed by atoms with Crippen molar-refractivity contribution in [1.29, 1.82) is 0 Å². The Hall–Kier alpha value is -1.69. The summed E-state index contributed by atoms with van der Waals surface area (Å²) < 4.78 is 15.7. The second-order valence-electron chi connectivity index (χ2n) is 3.90. The first-order valence-electron chi connectivity index (χ1n) is 5.60. The number of hydrogen-bond donors (Lipinski definition) is 0. The maximum Gasteiger partial charge on any atom is 0.361 e. The highest BCUT2D eigenvalue weighted by Crippen LogP contribution is 2.26. The molecule has 1 saturated heterocycles. The van der Waals surface area contributed by atoms with E-state index in [9.17, 15) is 4.79 Å². The molecule has 2 aromatic rings. The molecular formula is C12H11NO4S. The SMILES string of the molecule is O=C(OC1CCSC1)c1ncoc1-c1ccco1. The zero-order valence-electron chi connectivity index (χ0n) is 9.50. The zero-order chi connectivity index (χ0) is 12.4. The number of furan rings is 1. The van der Waals surface area contributed by atoms with E-state index in [0.29, 0.717) is 11.5 Å². The number of thioether (sulfide) groups is 1. The molecule has 1 unspecified atom stereocenters. The molecule has 0 amide bonds. The van der Waals surface area contributed by atoms with Crippen molar-refractivity contribution in [2.24, 2.45) is 0 Å². The van der Waals surface area contributed by atoms with Crippen LogP contribution in [0.2, 0.25) is 0 Å². The van der Waals surface area contributed by atoms with E-state index < -0.39 is 5.97 Å². The number of esters is 1. The van der Waals surface area contributed by atoms with Crippen molar-refractivity contribution in [3.05, 3.63) is 30.5 Å². The summed E-state index contributed by atoms with van der Waals surface area (Å²) in [6, 6.07) is 3.43. The van der Waals surface area contributed by atoms with Gasteiger partial charge in [0.2, 0.25) is 5.76 Å². The Kier molecular flexibility index (Phi) is 3.10. The molecule has 3 rings (SSSR count). The van der Waals surface area contributed by atoms with Gasteiger partial charge in [-0.15, -0.1) is 0 Å². The molecule has 3 heterocycles. The van der Waals surface area contributed by atoms with Gasteiger partial charge in [-0.1, -0.05) is 0 Å². The second-order valence-corrected chi connectivity index (χ2v) is 5.05. The summed E-state index contributed by atoms with van der Waals surface area (Å²) in [4.78, 5) is 15.9. The van der Waals surface area contributed by atoms with Gasteiger partial charge < -0.3 is 13.6 Å². The highest BCUT2D eigenvalue weighted by molar-refractivity contribution is 7.99. The highest BCUT2D eigenvalue weighted by Gasteiger charge is 2.26. The predicted molar refractivity (Wildman–Crippen MR) is 65.4 cm³/mol. The topological polar surface area (TPSA) is 65.5 Å². The Labute approximate surface area is 108 Å². The molecule has 1 aliphatic heterocycles. The number of aromatic nitrogens is 1. The maximum atomic E-state index is 12.0. The lowest BCUT2D eigenvalue weighted by Crippen LogP contribution is -2.18. The molecule has 5 nitrogen and oxygen atoms in total. The largest absolute Gasteiger partial charge is 0.461 e. The summed E-state index contributed by atoms with van der Waals surface area (Å²) >= 11 is 1.78. The zero-order valence-corrected chi connectivity index (χ0v) is 10.3. The average Bonchev–Trinajstić information content (AvgIpc) is 3.11. The van der Waals surface area contributed by atoms with Gasteiger partial charge in [-0.25, -0.2) is 9.78 Å². The van der Waals surface area contributed by atoms with Crippen molar-refractivity contribution in [3.63, 3.8) is 0 Å². The summed E-state index contributed by atoms with van der Waals surface area (Å²) in [5.74, 6) is 2.21. The quantitative estimate of drug-likeness (QED) is 0.795. The van der Waals surface area contributed by atoms with Gasteiger partial charge in [0.05, 0.1) is 6.26 Å². The van der Waals surface area contributed by atoms with Crippen LogP contribution >= 0.6 is 11.8 Å². The summed E-state index contributed by atoms with van der Waals surface area (Å²) in [5.41, 5.74) is 0.168. The first-order valence-corrected chi connectivity index (χ1v) is 6.76. The number of hydrogen-bond acceptors (Lipinski definition) is 6. The molecule has 1 fully saturated rings. The van der Waals surface area contributed by atoms with Gasteiger partial charge in [0.25, 0.3) is 0 Å². The standard InChI is InChI=1S/C12H11NO4S/c14-12(17-8-3-5-18-6-8)10-11(16-7-13-10)9-2-1-4-15-9/h1-2,4,7-8H,3,5-6H2. The Morgan fingerprint density at radius 1 is 1.50 bits per heavy atom. The molecular weight excluding hydrogens is 254 g/mol. The number of rotatable bonds is 3. The third-order valence-corrected chi connectivity index (χ3v) is 3.80. The monoisotopic (exact) mass is 265 g/mol. The van der Waals surface area contributed by atoms with E-state index in [1.54, 1.807) is 23.9 Å². The van der Waals surface area contributed by atoms with Gasteiger partial charge >= 0.3 is 5.97 Å². The van der Waals surface area contributed by atoms with E-state index in [1.165, 1.54) is 12.7 Å². The van der Waals surface area contributed by atoms with Crippen LogP contribution in [0.4, 0.5) is 0 Å².